The Bertz CT molecular complexity index is 546. The van der Waals surface area contributed by atoms with Crippen LogP contribution in [-0.2, 0) is 9.63 Å². The number of benzene rings is 1. The normalized spacial score (nSPS) is 21.4. The van der Waals surface area contributed by atoms with Crippen LogP contribution in [0.2, 0.25) is 0 Å². The maximum Gasteiger partial charge on any atom is 0.408 e. The number of likely N-dealkylation sites (N-methyl/N-ethyl adjacent to an activating group) is 1. The first kappa shape index (κ1) is 15.3. The van der Waals surface area contributed by atoms with Crippen LogP contribution in [-0.4, -0.2) is 47.3 Å². The predicted octanol–water partition coefficient (Wildman–Crippen LogP) is 2.20. The molecule has 1 fully saturated rings. The monoisotopic (exact) mass is 292 g/mol. The zero-order chi connectivity index (χ0) is 15.6. The van der Waals surface area contributed by atoms with Crippen LogP contribution in [0, 0.1) is 6.92 Å². The summed E-state index contributed by atoms with van der Waals surface area (Å²) in [6, 6.07) is 6.75. The van der Waals surface area contributed by atoms with Gasteiger partial charge >= 0.3 is 6.09 Å². The molecule has 6 heteroatoms. The maximum atomic E-state index is 12.2. The smallest absolute Gasteiger partial charge is 0.408 e. The Hall–Kier alpha value is -2.08. The minimum absolute atomic E-state index is 0.290. The lowest BCUT2D eigenvalue weighted by atomic mass is 10.0. The molecule has 0 spiro atoms. The molecule has 114 valence electrons. The van der Waals surface area contributed by atoms with E-state index in [2.05, 4.69) is 0 Å². The molecule has 1 saturated heterocycles. The Morgan fingerprint density at radius 2 is 2.10 bits per heavy atom. The predicted molar refractivity (Wildman–Crippen MR) is 76.6 cm³/mol. The largest absolute Gasteiger partial charge is 0.465 e. The molecule has 1 aromatic rings. The molecule has 1 aromatic carbocycles. The Kier molecular flexibility index (Phi) is 4.47. The number of carbonyl (C=O) groups excluding carboxylic acids is 1. The van der Waals surface area contributed by atoms with Crippen LogP contribution < -0.4 is 0 Å². The summed E-state index contributed by atoms with van der Waals surface area (Å²) in [5.41, 5.74) is 1.99. The second kappa shape index (κ2) is 6.13. The number of hydrogen-bond donors (Lipinski definition) is 1. The highest BCUT2D eigenvalue weighted by atomic mass is 16.7. The molecule has 1 heterocycles. The van der Waals surface area contributed by atoms with Crippen LogP contribution in [0.1, 0.15) is 30.0 Å². The van der Waals surface area contributed by atoms with E-state index in [9.17, 15) is 14.7 Å². The van der Waals surface area contributed by atoms with Gasteiger partial charge in [0.2, 0.25) is 0 Å². The molecular formula is C15H20N2O4. The summed E-state index contributed by atoms with van der Waals surface area (Å²) in [6.45, 7) is 1.96. The van der Waals surface area contributed by atoms with E-state index in [0.717, 1.165) is 16.2 Å². The number of carboxylic acid groups (broad SMARTS) is 1. The van der Waals surface area contributed by atoms with Crippen LogP contribution in [0.25, 0.3) is 0 Å². The number of likely N-dealkylation sites (tertiary alicyclic amines) is 1. The molecule has 2 amide bonds. The van der Waals surface area contributed by atoms with Crippen molar-refractivity contribution in [2.24, 2.45) is 0 Å². The third kappa shape index (κ3) is 3.00. The van der Waals surface area contributed by atoms with Crippen molar-refractivity contribution >= 4 is 12.0 Å². The topological polar surface area (TPSA) is 70.1 Å². The molecule has 1 aliphatic rings. The lowest BCUT2D eigenvalue weighted by molar-refractivity contribution is -0.173. The van der Waals surface area contributed by atoms with Crippen molar-refractivity contribution in [2.75, 3.05) is 14.2 Å². The quantitative estimate of drug-likeness (QED) is 0.867. The standard InChI is InChI=1S/C15H20N2O4/c1-10-5-4-6-11(9-10)12-7-8-13(17(12)15(19)20)14(18)16(2)21-3/h4-6,9,12-13H,7-8H2,1-3H3,(H,19,20)/t12-,13+/m0/s1. The Labute approximate surface area is 123 Å². The van der Waals surface area contributed by atoms with Gasteiger partial charge in [-0.05, 0) is 25.3 Å². The highest BCUT2D eigenvalue weighted by Gasteiger charge is 2.42. The van der Waals surface area contributed by atoms with Crippen molar-refractivity contribution in [1.29, 1.82) is 0 Å². The summed E-state index contributed by atoms with van der Waals surface area (Å²) in [5, 5.41) is 10.6. The molecule has 2 atom stereocenters. The number of hydroxylamine groups is 2. The summed E-state index contributed by atoms with van der Waals surface area (Å²) in [5.74, 6) is -0.338. The first-order chi connectivity index (χ1) is 9.95. The zero-order valence-electron chi connectivity index (χ0n) is 12.4. The van der Waals surface area contributed by atoms with E-state index in [0.29, 0.717) is 12.8 Å². The first-order valence-electron chi connectivity index (χ1n) is 6.85. The van der Waals surface area contributed by atoms with E-state index >= 15 is 0 Å². The van der Waals surface area contributed by atoms with Crippen LogP contribution in [0.4, 0.5) is 4.79 Å². The molecule has 0 saturated carbocycles. The average Bonchev–Trinajstić information content (AvgIpc) is 2.90. The molecule has 6 nitrogen and oxygen atoms in total. The summed E-state index contributed by atoms with van der Waals surface area (Å²) < 4.78 is 0. The lowest BCUT2D eigenvalue weighted by Gasteiger charge is -2.29. The third-order valence-electron chi connectivity index (χ3n) is 3.90. The Balaban J connectivity index is 2.29. The second-order valence-electron chi connectivity index (χ2n) is 5.23. The fourth-order valence-corrected chi connectivity index (χ4v) is 2.82. The van der Waals surface area contributed by atoms with Gasteiger partial charge in [-0.15, -0.1) is 0 Å². The van der Waals surface area contributed by atoms with Crippen LogP contribution in [0.5, 0.6) is 0 Å². The van der Waals surface area contributed by atoms with Gasteiger partial charge in [0.1, 0.15) is 6.04 Å². The van der Waals surface area contributed by atoms with E-state index in [1.807, 2.05) is 31.2 Å². The number of carbonyl (C=O) groups is 2. The Morgan fingerprint density at radius 3 is 2.67 bits per heavy atom. The van der Waals surface area contributed by atoms with Gasteiger partial charge in [0.15, 0.2) is 0 Å². The van der Waals surface area contributed by atoms with Crippen molar-refractivity contribution in [3.05, 3.63) is 35.4 Å². The summed E-state index contributed by atoms with van der Waals surface area (Å²) >= 11 is 0. The van der Waals surface area contributed by atoms with Gasteiger partial charge in [-0.1, -0.05) is 29.8 Å². The van der Waals surface area contributed by atoms with Crippen molar-refractivity contribution in [3.8, 4) is 0 Å². The summed E-state index contributed by atoms with van der Waals surface area (Å²) in [4.78, 5) is 30.0. The maximum absolute atomic E-state index is 12.2. The molecule has 21 heavy (non-hydrogen) atoms. The second-order valence-corrected chi connectivity index (χ2v) is 5.23. The summed E-state index contributed by atoms with van der Waals surface area (Å²) in [7, 11) is 2.87. The molecule has 0 unspecified atom stereocenters. The minimum atomic E-state index is -1.08. The molecule has 0 aromatic heterocycles. The van der Waals surface area contributed by atoms with Crippen LogP contribution in [0.3, 0.4) is 0 Å². The van der Waals surface area contributed by atoms with Crippen molar-refractivity contribution in [1.82, 2.24) is 9.96 Å². The zero-order valence-corrected chi connectivity index (χ0v) is 12.4. The highest BCUT2D eigenvalue weighted by molar-refractivity contribution is 5.85. The number of hydrogen-bond acceptors (Lipinski definition) is 3. The van der Waals surface area contributed by atoms with Gasteiger partial charge < -0.3 is 5.11 Å². The lowest BCUT2D eigenvalue weighted by Crippen LogP contribution is -2.46. The fraction of sp³-hybridized carbons (Fsp3) is 0.467. The SMILES string of the molecule is CON(C)C(=O)[C@H]1CC[C@@H](c2cccc(C)c2)N1C(=O)O. The van der Waals surface area contributed by atoms with Crippen molar-refractivity contribution in [3.63, 3.8) is 0 Å². The minimum Gasteiger partial charge on any atom is -0.465 e. The molecule has 2 rings (SSSR count). The molecule has 1 aliphatic heterocycles. The molecule has 0 radical (unpaired) electrons. The average molecular weight is 292 g/mol. The number of aryl methyl sites for hydroxylation is 1. The van der Waals surface area contributed by atoms with Crippen LogP contribution >= 0.6 is 0 Å². The number of rotatable bonds is 3. The summed E-state index contributed by atoms with van der Waals surface area (Å²) in [6.07, 6.45) is 0.0445. The first-order valence-corrected chi connectivity index (χ1v) is 6.85. The van der Waals surface area contributed by atoms with Gasteiger partial charge in [-0.25, -0.2) is 9.86 Å². The van der Waals surface area contributed by atoms with Crippen LogP contribution in [0.15, 0.2) is 24.3 Å². The van der Waals surface area contributed by atoms with E-state index < -0.39 is 12.1 Å². The third-order valence-corrected chi connectivity index (χ3v) is 3.90. The van der Waals surface area contributed by atoms with E-state index in [-0.39, 0.29) is 11.9 Å². The van der Waals surface area contributed by atoms with E-state index in [4.69, 9.17) is 4.84 Å². The van der Waals surface area contributed by atoms with Gasteiger partial charge in [-0.2, -0.15) is 0 Å². The van der Waals surface area contributed by atoms with Gasteiger partial charge in [0.05, 0.1) is 13.2 Å². The van der Waals surface area contributed by atoms with Gasteiger partial charge in [0.25, 0.3) is 5.91 Å². The van der Waals surface area contributed by atoms with E-state index in [1.165, 1.54) is 19.1 Å². The molecule has 0 aliphatic carbocycles. The van der Waals surface area contributed by atoms with Gasteiger partial charge in [-0.3, -0.25) is 14.5 Å². The number of nitrogens with zero attached hydrogens (tertiary/aromatic N) is 2. The number of amides is 2. The highest BCUT2D eigenvalue weighted by Crippen LogP contribution is 2.37. The fourth-order valence-electron chi connectivity index (χ4n) is 2.82. The molecule has 1 N–H and O–H groups in total. The van der Waals surface area contributed by atoms with Gasteiger partial charge in [0, 0.05) is 7.05 Å². The Morgan fingerprint density at radius 1 is 1.38 bits per heavy atom. The van der Waals surface area contributed by atoms with E-state index in [1.54, 1.807) is 0 Å². The van der Waals surface area contributed by atoms with Crippen molar-refractivity contribution < 1.29 is 19.5 Å². The molecule has 0 bridgehead atoms. The van der Waals surface area contributed by atoms with Crippen molar-refractivity contribution in [2.45, 2.75) is 31.8 Å². The molecular weight excluding hydrogens is 272 g/mol.